The van der Waals surface area contributed by atoms with Crippen LogP contribution in [0.1, 0.15) is 0 Å². The highest BCUT2D eigenvalue weighted by Crippen LogP contribution is 2.20. The van der Waals surface area contributed by atoms with Crippen LogP contribution in [0.15, 0.2) is 23.1 Å². The summed E-state index contributed by atoms with van der Waals surface area (Å²) in [6, 6.07) is 4.98. The highest BCUT2D eigenvalue weighted by molar-refractivity contribution is 7.84. The van der Waals surface area contributed by atoms with Gasteiger partial charge in [-0.15, -0.1) is 0 Å². The Bertz CT molecular complexity index is 300. The summed E-state index contributed by atoms with van der Waals surface area (Å²) in [5, 5.41) is 0.456. The molecule has 0 aliphatic rings. The highest BCUT2D eigenvalue weighted by Gasteiger charge is 2.00. The van der Waals surface area contributed by atoms with Gasteiger partial charge >= 0.3 is 0 Å². The number of benzene rings is 1. The highest BCUT2D eigenvalue weighted by atomic mass is 35.5. The molecule has 1 unspecified atom stereocenters. The van der Waals surface area contributed by atoms with E-state index in [9.17, 15) is 4.21 Å². The molecule has 0 aromatic heterocycles. The minimum atomic E-state index is -0.988. The summed E-state index contributed by atoms with van der Waals surface area (Å²) in [6.45, 7) is 0. The van der Waals surface area contributed by atoms with Gasteiger partial charge in [-0.1, -0.05) is 11.6 Å². The summed E-state index contributed by atoms with van der Waals surface area (Å²) >= 11 is 5.70. The molecule has 0 saturated carbocycles. The second kappa shape index (κ2) is 3.24. The Morgan fingerprint density at radius 1 is 1.55 bits per heavy atom. The van der Waals surface area contributed by atoms with E-state index in [1.54, 1.807) is 24.5 Å². The summed E-state index contributed by atoms with van der Waals surface area (Å²) in [5.41, 5.74) is 5.97. The lowest BCUT2D eigenvalue weighted by molar-refractivity contribution is 0.687. The van der Waals surface area contributed by atoms with Crippen molar-refractivity contribution in [3.8, 4) is 0 Å². The van der Waals surface area contributed by atoms with Crippen LogP contribution < -0.4 is 5.73 Å². The summed E-state index contributed by atoms with van der Waals surface area (Å²) in [7, 11) is -0.988. The van der Waals surface area contributed by atoms with E-state index in [2.05, 4.69) is 0 Å². The zero-order valence-electron chi connectivity index (χ0n) is 6.00. The van der Waals surface area contributed by atoms with Gasteiger partial charge in [-0.3, -0.25) is 4.21 Å². The topological polar surface area (TPSA) is 43.1 Å². The maximum absolute atomic E-state index is 10.9. The minimum absolute atomic E-state index is 0.456. The predicted molar refractivity (Wildman–Crippen MR) is 48.2 cm³/mol. The standard InChI is InChI=1S/C7H8ClNOS/c1-11(10)5-2-3-7(9)6(8)4-5/h2-4H,9H2,1H3. The first-order valence-corrected chi connectivity index (χ1v) is 4.93. The Labute approximate surface area is 72.8 Å². The molecule has 0 aliphatic heterocycles. The zero-order valence-corrected chi connectivity index (χ0v) is 7.58. The van der Waals surface area contributed by atoms with Crippen molar-refractivity contribution in [3.63, 3.8) is 0 Å². The van der Waals surface area contributed by atoms with Gasteiger partial charge < -0.3 is 5.73 Å². The Balaban J connectivity index is 3.15. The fourth-order valence-corrected chi connectivity index (χ4v) is 1.48. The van der Waals surface area contributed by atoms with Gasteiger partial charge in [-0.25, -0.2) is 0 Å². The van der Waals surface area contributed by atoms with E-state index in [0.29, 0.717) is 15.6 Å². The lowest BCUT2D eigenvalue weighted by Crippen LogP contribution is -1.90. The molecule has 11 heavy (non-hydrogen) atoms. The zero-order chi connectivity index (χ0) is 8.43. The molecule has 1 rings (SSSR count). The van der Waals surface area contributed by atoms with E-state index in [0.717, 1.165) is 0 Å². The molecule has 60 valence electrons. The molecular formula is C7H8ClNOS. The lowest BCUT2D eigenvalue weighted by atomic mass is 10.3. The van der Waals surface area contributed by atoms with Crippen molar-refractivity contribution in [2.24, 2.45) is 0 Å². The average Bonchev–Trinajstić information content (AvgIpc) is 1.94. The summed E-state index contributed by atoms with van der Waals surface area (Å²) < 4.78 is 10.9. The molecule has 2 nitrogen and oxygen atoms in total. The Kier molecular flexibility index (Phi) is 2.52. The third-order valence-electron chi connectivity index (χ3n) is 1.30. The smallest absolute Gasteiger partial charge is 0.0647 e. The molecule has 1 aromatic carbocycles. The number of halogens is 1. The van der Waals surface area contributed by atoms with Crippen LogP contribution in [-0.2, 0) is 10.8 Å². The van der Waals surface area contributed by atoms with Gasteiger partial charge in [0.1, 0.15) is 0 Å². The molecule has 0 amide bonds. The fourth-order valence-electron chi connectivity index (χ4n) is 0.687. The first-order valence-electron chi connectivity index (χ1n) is 2.99. The second-order valence-corrected chi connectivity index (χ2v) is 3.92. The SMILES string of the molecule is CS(=O)c1ccc(N)c(Cl)c1. The first-order chi connectivity index (χ1) is 5.11. The van der Waals surface area contributed by atoms with Crippen LogP contribution in [0.3, 0.4) is 0 Å². The summed E-state index contributed by atoms with van der Waals surface area (Å²) in [5.74, 6) is 0. The lowest BCUT2D eigenvalue weighted by Gasteiger charge is -1.99. The average molecular weight is 190 g/mol. The van der Waals surface area contributed by atoms with Crippen molar-refractivity contribution in [3.05, 3.63) is 23.2 Å². The normalized spacial score (nSPS) is 12.9. The predicted octanol–water partition coefficient (Wildman–Crippen LogP) is 1.66. The third kappa shape index (κ3) is 1.94. The largest absolute Gasteiger partial charge is 0.398 e. The van der Waals surface area contributed by atoms with Crippen LogP contribution in [-0.4, -0.2) is 10.5 Å². The monoisotopic (exact) mass is 189 g/mol. The molecule has 2 N–H and O–H groups in total. The Hall–Kier alpha value is -0.540. The number of hydrogen-bond donors (Lipinski definition) is 1. The second-order valence-electron chi connectivity index (χ2n) is 2.14. The van der Waals surface area contributed by atoms with Crippen molar-refractivity contribution in [1.82, 2.24) is 0 Å². The van der Waals surface area contributed by atoms with E-state index in [1.807, 2.05) is 0 Å². The Morgan fingerprint density at radius 2 is 2.18 bits per heavy atom. The van der Waals surface area contributed by atoms with Gasteiger partial charge in [0.2, 0.25) is 0 Å². The third-order valence-corrected chi connectivity index (χ3v) is 2.55. The van der Waals surface area contributed by atoms with E-state index < -0.39 is 10.8 Å². The van der Waals surface area contributed by atoms with Gasteiger partial charge in [-0.2, -0.15) is 0 Å². The molecule has 0 fully saturated rings. The molecule has 1 aromatic rings. The van der Waals surface area contributed by atoms with E-state index >= 15 is 0 Å². The van der Waals surface area contributed by atoms with Gasteiger partial charge in [0.15, 0.2) is 0 Å². The first kappa shape index (κ1) is 8.56. The molecule has 0 saturated heterocycles. The van der Waals surface area contributed by atoms with Crippen LogP contribution in [0.4, 0.5) is 5.69 Å². The van der Waals surface area contributed by atoms with Crippen molar-refractivity contribution in [2.45, 2.75) is 4.90 Å². The van der Waals surface area contributed by atoms with Gasteiger partial charge in [0.25, 0.3) is 0 Å². The molecule has 0 heterocycles. The maximum atomic E-state index is 10.9. The maximum Gasteiger partial charge on any atom is 0.0647 e. The van der Waals surface area contributed by atoms with E-state index in [-0.39, 0.29) is 0 Å². The number of anilines is 1. The van der Waals surface area contributed by atoms with Crippen molar-refractivity contribution in [1.29, 1.82) is 0 Å². The van der Waals surface area contributed by atoms with E-state index in [1.165, 1.54) is 0 Å². The molecule has 1 atom stereocenters. The molecular weight excluding hydrogens is 182 g/mol. The van der Waals surface area contributed by atoms with Crippen LogP contribution in [0.2, 0.25) is 5.02 Å². The van der Waals surface area contributed by atoms with Crippen molar-refractivity contribution in [2.75, 3.05) is 12.0 Å². The van der Waals surface area contributed by atoms with Gasteiger partial charge in [-0.05, 0) is 18.2 Å². The summed E-state index contributed by atoms with van der Waals surface area (Å²) in [6.07, 6.45) is 1.60. The molecule has 0 radical (unpaired) electrons. The van der Waals surface area contributed by atoms with Crippen LogP contribution in [0, 0.1) is 0 Å². The molecule has 0 spiro atoms. The van der Waals surface area contributed by atoms with Crippen LogP contribution in [0.25, 0.3) is 0 Å². The number of hydrogen-bond acceptors (Lipinski definition) is 2. The number of nitrogens with two attached hydrogens (primary N) is 1. The minimum Gasteiger partial charge on any atom is -0.398 e. The quantitative estimate of drug-likeness (QED) is 0.683. The fraction of sp³-hybridized carbons (Fsp3) is 0.143. The van der Waals surface area contributed by atoms with Crippen LogP contribution >= 0.6 is 11.6 Å². The van der Waals surface area contributed by atoms with Crippen molar-refractivity contribution < 1.29 is 4.21 Å². The van der Waals surface area contributed by atoms with E-state index in [4.69, 9.17) is 17.3 Å². The summed E-state index contributed by atoms with van der Waals surface area (Å²) in [4.78, 5) is 0.698. The number of rotatable bonds is 1. The molecule has 4 heteroatoms. The molecule has 0 bridgehead atoms. The van der Waals surface area contributed by atoms with Gasteiger partial charge in [0, 0.05) is 22.0 Å². The Morgan fingerprint density at radius 3 is 2.64 bits per heavy atom. The van der Waals surface area contributed by atoms with Gasteiger partial charge in [0.05, 0.1) is 10.7 Å². The van der Waals surface area contributed by atoms with Crippen molar-refractivity contribution >= 4 is 28.1 Å². The van der Waals surface area contributed by atoms with Crippen LogP contribution in [0.5, 0.6) is 0 Å². The number of nitrogen functional groups attached to an aromatic ring is 1. The molecule has 0 aliphatic carbocycles.